The third-order valence-corrected chi connectivity index (χ3v) is 2.60. The van der Waals surface area contributed by atoms with Crippen molar-refractivity contribution in [3.05, 3.63) is 22.7 Å². The number of ether oxygens (including phenoxy) is 1. The molecule has 0 atom stereocenters. The van der Waals surface area contributed by atoms with Crippen molar-refractivity contribution in [2.24, 2.45) is 0 Å². The normalized spacial score (nSPS) is 16.0. The summed E-state index contributed by atoms with van der Waals surface area (Å²) in [5, 5.41) is 0.314. The molecule has 0 bridgehead atoms. The Morgan fingerprint density at radius 3 is 2.87 bits per heavy atom. The van der Waals surface area contributed by atoms with Crippen LogP contribution in [0.4, 0.5) is 0 Å². The van der Waals surface area contributed by atoms with Crippen LogP contribution in [-0.2, 0) is 11.3 Å². The van der Waals surface area contributed by atoms with Gasteiger partial charge in [0.05, 0.1) is 18.4 Å². The van der Waals surface area contributed by atoms with Crippen molar-refractivity contribution in [2.45, 2.75) is 45.3 Å². The first kappa shape index (κ1) is 10.8. The van der Waals surface area contributed by atoms with E-state index >= 15 is 0 Å². The minimum atomic E-state index is 0.314. The number of nitrogens with zero attached hydrogens (tertiary/aromatic N) is 2. The van der Waals surface area contributed by atoms with E-state index in [2.05, 4.69) is 23.8 Å². The number of rotatable bonds is 4. The molecule has 3 nitrogen and oxygen atoms in total. The highest BCUT2D eigenvalue weighted by Crippen LogP contribution is 2.26. The van der Waals surface area contributed by atoms with E-state index in [1.807, 2.05) is 0 Å². The molecule has 4 heteroatoms. The van der Waals surface area contributed by atoms with Crippen molar-refractivity contribution in [3.8, 4) is 0 Å². The molecule has 0 aromatic carbocycles. The van der Waals surface area contributed by atoms with Gasteiger partial charge in [-0.15, -0.1) is 0 Å². The second kappa shape index (κ2) is 4.45. The fourth-order valence-corrected chi connectivity index (χ4v) is 1.59. The molecule has 0 N–H and O–H groups in total. The van der Waals surface area contributed by atoms with Crippen LogP contribution in [-0.4, -0.2) is 16.1 Å². The summed E-state index contributed by atoms with van der Waals surface area (Å²) in [5.41, 5.74) is 2.05. The van der Waals surface area contributed by atoms with Gasteiger partial charge in [-0.05, 0) is 30.4 Å². The smallest absolute Gasteiger partial charge is 0.222 e. The van der Waals surface area contributed by atoms with Crippen molar-refractivity contribution >= 4 is 11.6 Å². The zero-order chi connectivity index (χ0) is 10.8. The number of halogens is 1. The Hall–Kier alpha value is -0.670. The molecule has 1 aromatic rings. The van der Waals surface area contributed by atoms with E-state index in [0.29, 0.717) is 23.9 Å². The average molecular weight is 227 g/mol. The highest BCUT2D eigenvalue weighted by molar-refractivity contribution is 6.28. The lowest BCUT2D eigenvalue weighted by Crippen LogP contribution is -2.05. The third kappa shape index (κ3) is 2.89. The van der Waals surface area contributed by atoms with Crippen molar-refractivity contribution in [2.75, 3.05) is 0 Å². The molecule has 0 saturated heterocycles. The van der Waals surface area contributed by atoms with Crippen LogP contribution in [0.5, 0.6) is 0 Å². The maximum atomic E-state index is 5.77. The maximum Gasteiger partial charge on any atom is 0.222 e. The van der Waals surface area contributed by atoms with Gasteiger partial charge in [0.25, 0.3) is 0 Å². The molecule has 1 saturated carbocycles. The lowest BCUT2D eigenvalue weighted by molar-refractivity contribution is 0.105. The summed E-state index contributed by atoms with van der Waals surface area (Å²) in [6.07, 6.45) is 4.60. The highest BCUT2D eigenvalue weighted by Gasteiger charge is 2.22. The molecule has 0 amide bonds. The van der Waals surface area contributed by atoms with Crippen LogP contribution in [0.3, 0.4) is 0 Å². The van der Waals surface area contributed by atoms with Crippen molar-refractivity contribution in [3.63, 3.8) is 0 Å². The molecule has 0 radical (unpaired) electrons. The van der Waals surface area contributed by atoms with Crippen molar-refractivity contribution in [1.82, 2.24) is 9.97 Å². The predicted molar refractivity (Wildman–Crippen MR) is 58.9 cm³/mol. The zero-order valence-electron chi connectivity index (χ0n) is 9.03. The minimum absolute atomic E-state index is 0.314. The highest BCUT2D eigenvalue weighted by atomic mass is 35.5. The van der Waals surface area contributed by atoms with Gasteiger partial charge in [-0.25, -0.2) is 9.97 Å². The summed E-state index contributed by atoms with van der Waals surface area (Å²) in [6.45, 7) is 4.80. The van der Waals surface area contributed by atoms with Gasteiger partial charge in [0.15, 0.2) is 0 Å². The molecular weight excluding hydrogens is 212 g/mol. The van der Waals surface area contributed by atoms with Crippen LogP contribution < -0.4 is 0 Å². The van der Waals surface area contributed by atoms with E-state index in [-0.39, 0.29) is 0 Å². The van der Waals surface area contributed by atoms with Crippen molar-refractivity contribution < 1.29 is 4.74 Å². The Morgan fingerprint density at radius 2 is 2.27 bits per heavy atom. The fraction of sp³-hybridized carbons (Fsp3) is 0.636. The van der Waals surface area contributed by atoms with Crippen molar-refractivity contribution in [1.29, 1.82) is 0 Å². The van der Waals surface area contributed by atoms with E-state index in [1.165, 1.54) is 12.8 Å². The molecule has 0 unspecified atom stereocenters. The van der Waals surface area contributed by atoms with Gasteiger partial charge in [-0.2, -0.15) is 0 Å². The van der Waals surface area contributed by atoms with E-state index in [1.54, 1.807) is 6.20 Å². The Morgan fingerprint density at radius 1 is 1.53 bits per heavy atom. The van der Waals surface area contributed by atoms with Crippen LogP contribution in [0.2, 0.25) is 5.28 Å². The molecule has 1 fully saturated rings. The summed E-state index contributed by atoms with van der Waals surface area (Å²) < 4.78 is 5.65. The van der Waals surface area contributed by atoms with Crippen LogP contribution in [0.15, 0.2) is 6.20 Å². The van der Waals surface area contributed by atoms with Gasteiger partial charge < -0.3 is 4.74 Å². The Labute approximate surface area is 94.8 Å². The van der Waals surface area contributed by atoms with Gasteiger partial charge in [0.1, 0.15) is 0 Å². The van der Waals surface area contributed by atoms with Crippen LogP contribution in [0.25, 0.3) is 0 Å². The molecule has 82 valence electrons. The average Bonchev–Trinajstić information content (AvgIpc) is 2.99. The Balaban J connectivity index is 2.12. The molecule has 1 aromatic heterocycles. The largest absolute Gasteiger partial charge is 0.373 e. The molecule has 1 heterocycles. The molecule has 0 spiro atoms. The van der Waals surface area contributed by atoms with Gasteiger partial charge in [-0.1, -0.05) is 13.8 Å². The molecule has 1 aliphatic carbocycles. The molecule has 1 aliphatic rings. The van der Waals surface area contributed by atoms with Crippen LogP contribution >= 0.6 is 11.6 Å². The Kier molecular flexibility index (Phi) is 3.22. The SMILES string of the molecule is CC(C)c1nc(Cl)ncc1COC1CC1. The topological polar surface area (TPSA) is 35.0 Å². The zero-order valence-corrected chi connectivity index (χ0v) is 9.79. The second-order valence-electron chi connectivity index (χ2n) is 4.21. The van der Waals surface area contributed by atoms with Gasteiger partial charge in [0, 0.05) is 11.8 Å². The molecule has 2 rings (SSSR count). The van der Waals surface area contributed by atoms with E-state index in [9.17, 15) is 0 Å². The van der Waals surface area contributed by atoms with Crippen LogP contribution in [0, 0.1) is 0 Å². The van der Waals surface area contributed by atoms with E-state index in [4.69, 9.17) is 16.3 Å². The number of hydrogen-bond acceptors (Lipinski definition) is 3. The van der Waals surface area contributed by atoms with Gasteiger partial charge >= 0.3 is 0 Å². The van der Waals surface area contributed by atoms with E-state index < -0.39 is 0 Å². The maximum absolute atomic E-state index is 5.77. The predicted octanol–water partition coefficient (Wildman–Crippen LogP) is 2.93. The molecular formula is C11H15ClN2O. The quantitative estimate of drug-likeness (QED) is 0.741. The number of hydrogen-bond donors (Lipinski definition) is 0. The lowest BCUT2D eigenvalue weighted by atomic mass is 10.1. The summed E-state index contributed by atoms with van der Waals surface area (Å²) in [4.78, 5) is 8.24. The fourth-order valence-electron chi connectivity index (χ4n) is 1.45. The van der Waals surface area contributed by atoms with Gasteiger partial charge in [-0.3, -0.25) is 0 Å². The first-order valence-electron chi connectivity index (χ1n) is 5.29. The second-order valence-corrected chi connectivity index (χ2v) is 4.55. The first-order chi connectivity index (χ1) is 7.16. The standard InChI is InChI=1S/C11H15ClN2O/c1-7(2)10-8(5-13-11(12)14-10)6-15-9-3-4-9/h5,7,9H,3-4,6H2,1-2H3. The summed E-state index contributed by atoms with van der Waals surface area (Å²) in [6, 6.07) is 0. The number of aromatic nitrogens is 2. The third-order valence-electron chi connectivity index (χ3n) is 2.41. The summed E-state index contributed by atoms with van der Waals surface area (Å²) >= 11 is 5.77. The minimum Gasteiger partial charge on any atom is -0.373 e. The first-order valence-corrected chi connectivity index (χ1v) is 5.67. The monoisotopic (exact) mass is 226 g/mol. The molecule has 15 heavy (non-hydrogen) atoms. The lowest BCUT2D eigenvalue weighted by Gasteiger charge is -2.11. The summed E-state index contributed by atoms with van der Waals surface area (Å²) in [7, 11) is 0. The molecule has 0 aliphatic heterocycles. The van der Waals surface area contributed by atoms with E-state index in [0.717, 1.165) is 11.3 Å². The summed E-state index contributed by atoms with van der Waals surface area (Å²) in [5.74, 6) is 0.350. The van der Waals surface area contributed by atoms with Gasteiger partial charge in [0.2, 0.25) is 5.28 Å². The Bertz CT molecular complexity index is 350. The van der Waals surface area contributed by atoms with Crippen LogP contribution in [0.1, 0.15) is 43.9 Å².